The van der Waals surface area contributed by atoms with E-state index < -0.39 is 0 Å². The summed E-state index contributed by atoms with van der Waals surface area (Å²) < 4.78 is 0. The van der Waals surface area contributed by atoms with Gasteiger partial charge in [0.1, 0.15) is 0 Å². The van der Waals surface area contributed by atoms with Crippen molar-refractivity contribution in [2.75, 3.05) is 6.54 Å². The van der Waals surface area contributed by atoms with E-state index in [0.29, 0.717) is 24.0 Å². The van der Waals surface area contributed by atoms with E-state index in [0.717, 1.165) is 0 Å². The van der Waals surface area contributed by atoms with E-state index in [1.807, 2.05) is 13.8 Å². The number of amides is 1. The van der Waals surface area contributed by atoms with Crippen LogP contribution in [0.5, 0.6) is 0 Å². The van der Waals surface area contributed by atoms with Crippen LogP contribution in [0.25, 0.3) is 0 Å². The molecule has 0 aliphatic heterocycles. The summed E-state index contributed by atoms with van der Waals surface area (Å²) in [5.41, 5.74) is 0. The van der Waals surface area contributed by atoms with Crippen molar-refractivity contribution >= 4 is 18.5 Å². The number of hydrogen-bond donors (Lipinski definition) is 3. The topological polar surface area (TPSA) is 41.1 Å². The molecule has 12 heavy (non-hydrogen) atoms. The van der Waals surface area contributed by atoms with Gasteiger partial charge in [-0.2, -0.15) is 0 Å². The zero-order chi connectivity index (χ0) is 9.56. The first-order chi connectivity index (χ1) is 5.52. The van der Waals surface area contributed by atoms with Crippen LogP contribution in [0, 0.1) is 0 Å². The van der Waals surface area contributed by atoms with E-state index in [9.17, 15) is 4.79 Å². The van der Waals surface area contributed by atoms with Gasteiger partial charge in [0.15, 0.2) is 0 Å². The SMILES string of the molecule is C=C(S)NC(=O)CCNC(C)C. The highest BCUT2D eigenvalue weighted by Crippen LogP contribution is 1.89. The van der Waals surface area contributed by atoms with E-state index in [2.05, 4.69) is 29.8 Å². The first kappa shape index (κ1) is 11.5. The Morgan fingerprint density at radius 2 is 2.17 bits per heavy atom. The monoisotopic (exact) mass is 188 g/mol. The maximum absolute atomic E-state index is 11.0. The van der Waals surface area contributed by atoms with Crippen molar-refractivity contribution in [3.63, 3.8) is 0 Å². The Bertz CT molecular complexity index is 168. The number of hydrogen-bond acceptors (Lipinski definition) is 3. The van der Waals surface area contributed by atoms with Gasteiger partial charge in [0.25, 0.3) is 0 Å². The lowest BCUT2D eigenvalue weighted by molar-refractivity contribution is -0.120. The summed E-state index contributed by atoms with van der Waals surface area (Å²) in [4.78, 5) is 11.0. The van der Waals surface area contributed by atoms with Crippen molar-refractivity contribution in [3.05, 3.63) is 11.6 Å². The molecule has 0 atom stereocenters. The number of carbonyl (C=O) groups excluding carboxylic acids is 1. The molecule has 0 bridgehead atoms. The Labute approximate surface area is 79.0 Å². The standard InChI is InChI=1S/C8H16N2OS/c1-6(2)9-5-4-8(11)10-7(3)12/h6,9,12H,3-5H2,1-2H3,(H,10,11). The molecule has 0 aromatic carbocycles. The molecule has 0 saturated carbocycles. The number of thiol groups is 1. The summed E-state index contributed by atoms with van der Waals surface area (Å²) in [6.07, 6.45) is 0.456. The summed E-state index contributed by atoms with van der Waals surface area (Å²) in [5, 5.41) is 6.03. The Hall–Kier alpha value is -0.480. The molecular formula is C8H16N2OS. The number of nitrogens with one attached hydrogen (secondary N) is 2. The molecule has 0 rings (SSSR count). The van der Waals surface area contributed by atoms with E-state index in [-0.39, 0.29) is 5.91 Å². The lowest BCUT2D eigenvalue weighted by Gasteiger charge is -2.07. The molecule has 0 radical (unpaired) electrons. The second-order valence-electron chi connectivity index (χ2n) is 2.85. The minimum absolute atomic E-state index is 0.0526. The molecule has 0 heterocycles. The highest BCUT2D eigenvalue weighted by atomic mass is 32.1. The van der Waals surface area contributed by atoms with Gasteiger partial charge in [0.2, 0.25) is 5.91 Å². The van der Waals surface area contributed by atoms with Crippen molar-refractivity contribution in [1.29, 1.82) is 0 Å². The maximum Gasteiger partial charge on any atom is 0.226 e. The Balaban J connectivity index is 3.38. The molecule has 0 aromatic heterocycles. The maximum atomic E-state index is 11.0. The second kappa shape index (κ2) is 6.08. The van der Waals surface area contributed by atoms with Gasteiger partial charge in [0, 0.05) is 19.0 Å². The lowest BCUT2D eigenvalue weighted by Crippen LogP contribution is -2.29. The highest BCUT2D eigenvalue weighted by Gasteiger charge is 2.00. The zero-order valence-electron chi connectivity index (χ0n) is 7.55. The second-order valence-corrected chi connectivity index (χ2v) is 3.39. The molecule has 0 aliphatic rings. The summed E-state index contributed by atoms with van der Waals surface area (Å²) in [7, 11) is 0. The minimum atomic E-state index is -0.0526. The molecule has 1 amide bonds. The molecule has 0 unspecified atom stereocenters. The smallest absolute Gasteiger partial charge is 0.226 e. The summed E-state index contributed by atoms with van der Waals surface area (Å²) in [5.74, 6) is -0.0526. The van der Waals surface area contributed by atoms with Crippen molar-refractivity contribution in [1.82, 2.24) is 10.6 Å². The third-order valence-corrected chi connectivity index (χ3v) is 1.30. The van der Waals surface area contributed by atoms with Crippen molar-refractivity contribution in [3.8, 4) is 0 Å². The van der Waals surface area contributed by atoms with Crippen LogP contribution in [-0.2, 0) is 4.79 Å². The van der Waals surface area contributed by atoms with Crippen LogP contribution in [0.4, 0.5) is 0 Å². The van der Waals surface area contributed by atoms with E-state index in [1.165, 1.54) is 0 Å². The Morgan fingerprint density at radius 1 is 1.58 bits per heavy atom. The summed E-state index contributed by atoms with van der Waals surface area (Å²) >= 11 is 3.85. The first-order valence-corrected chi connectivity index (χ1v) is 4.38. The Morgan fingerprint density at radius 3 is 2.58 bits per heavy atom. The Kier molecular flexibility index (Phi) is 5.84. The van der Waals surface area contributed by atoms with Crippen molar-refractivity contribution in [2.24, 2.45) is 0 Å². The molecule has 3 nitrogen and oxygen atoms in total. The average molecular weight is 188 g/mol. The molecule has 0 spiro atoms. The summed E-state index contributed by atoms with van der Waals surface area (Å²) in [6, 6.07) is 0.414. The summed E-state index contributed by atoms with van der Waals surface area (Å²) in [6.45, 7) is 8.21. The molecule has 70 valence electrons. The van der Waals surface area contributed by atoms with Gasteiger partial charge in [-0.25, -0.2) is 0 Å². The van der Waals surface area contributed by atoms with Gasteiger partial charge >= 0.3 is 0 Å². The predicted octanol–water partition coefficient (Wildman–Crippen LogP) is 0.892. The van der Waals surface area contributed by atoms with E-state index in [4.69, 9.17) is 0 Å². The fourth-order valence-electron chi connectivity index (χ4n) is 0.698. The van der Waals surface area contributed by atoms with Gasteiger partial charge < -0.3 is 10.6 Å². The van der Waals surface area contributed by atoms with Crippen molar-refractivity contribution < 1.29 is 4.79 Å². The molecule has 0 fully saturated rings. The fraction of sp³-hybridized carbons (Fsp3) is 0.625. The van der Waals surface area contributed by atoms with Gasteiger partial charge in [0.05, 0.1) is 5.03 Å². The highest BCUT2D eigenvalue weighted by molar-refractivity contribution is 7.84. The van der Waals surface area contributed by atoms with Crippen LogP contribution in [0.15, 0.2) is 11.6 Å². The molecule has 2 N–H and O–H groups in total. The predicted molar refractivity (Wildman–Crippen MR) is 54.0 cm³/mol. The van der Waals surface area contributed by atoms with Crippen LogP contribution in [0.1, 0.15) is 20.3 Å². The fourth-order valence-corrected chi connectivity index (χ4v) is 0.823. The molecule has 0 aromatic rings. The molecule has 0 aliphatic carbocycles. The molecule has 4 heteroatoms. The number of rotatable bonds is 5. The molecule has 0 saturated heterocycles. The zero-order valence-corrected chi connectivity index (χ0v) is 8.45. The van der Waals surface area contributed by atoms with Crippen LogP contribution >= 0.6 is 12.6 Å². The third-order valence-electron chi connectivity index (χ3n) is 1.19. The largest absolute Gasteiger partial charge is 0.321 e. The van der Waals surface area contributed by atoms with Gasteiger partial charge in [-0.3, -0.25) is 4.79 Å². The van der Waals surface area contributed by atoms with Crippen LogP contribution in [0.3, 0.4) is 0 Å². The van der Waals surface area contributed by atoms with Crippen LogP contribution in [0.2, 0.25) is 0 Å². The first-order valence-electron chi connectivity index (χ1n) is 3.93. The van der Waals surface area contributed by atoms with Gasteiger partial charge in [-0.05, 0) is 0 Å². The number of carbonyl (C=O) groups is 1. The minimum Gasteiger partial charge on any atom is -0.321 e. The van der Waals surface area contributed by atoms with Crippen LogP contribution < -0.4 is 10.6 Å². The van der Waals surface area contributed by atoms with Crippen molar-refractivity contribution in [2.45, 2.75) is 26.3 Å². The molecular weight excluding hydrogens is 172 g/mol. The van der Waals surface area contributed by atoms with Gasteiger partial charge in [-0.1, -0.05) is 20.4 Å². The van der Waals surface area contributed by atoms with E-state index >= 15 is 0 Å². The normalized spacial score (nSPS) is 10.0. The van der Waals surface area contributed by atoms with Crippen LogP contribution in [-0.4, -0.2) is 18.5 Å². The lowest BCUT2D eigenvalue weighted by atomic mass is 10.3. The van der Waals surface area contributed by atoms with E-state index in [1.54, 1.807) is 0 Å². The van der Waals surface area contributed by atoms with Gasteiger partial charge in [-0.15, -0.1) is 12.6 Å². The third kappa shape index (κ3) is 7.63. The quantitative estimate of drug-likeness (QED) is 0.561. The average Bonchev–Trinajstić information content (AvgIpc) is 1.84.